The summed E-state index contributed by atoms with van der Waals surface area (Å²) in [6.07, 6.45) is -14.7. The monoisotopic (exact) mass is 450 g/mol. The lowest BCUT2D eigenvalue weighted by Crippen LogP contribution is -2.70. The van der Waals surface area contributed by atoms with Crippen molar-refractivity contribution in [2.45, 2.75) is 42.0 Å². The summed E-state index contributed by atoms with van der Waals surface area (Å²) in [6.45, 7) is 0. The average Bonchev–Trinajstić information content (AvgIpc) is 2.42. The molecule has 0 spiro atoms. The minimum absolute atomic E-state index is 4.85. The Morgan fingerprint density at radius 1 is 0.370 bits per heavy atom. The highest BCUT2D eigenvalue weighted by Crippen LogP contribution is 2.61. The van der Waals surface area contributed by atoms with Crippen LogP contribution in [0.1, 0.15) is 0 Å². The molecule has 0 aliphatic rings. The number of alkyl halides is 16. The lowest BCUT2D eigenvalue weighted by molar-refractivity contribution is -0.437. The van der Waals surface area contributed by atoms with Crippen molar-refractivity contribution in [3.8, 4) is 0 Å². The van der Waals surface area contributed by atoms with Gasteiger partial charge in [-0.2, -0.15) is 74.6 Å². The molecule has 0 aromatic carbocycles. The summed E-state index contributed by atoms with van der Waals surface area (Å²) >= 11 is 0. The van der Waals surface area contributed by atoms with Crippen LogP contribution >= 0.6 is 0 Å². The molecule has 0 aromatic rings. The minimum atomic E-state index is -8.54. The van der Waals surface area contributed by atoms with Gasteiger partial charge in [-0.15, -0.1) is 0 Å². The molecular formula is C9F18. The van der Waals surface area contributed by atoms with E-state index in [0.29, 0.717) is 0 Å². The highest BCUT2D eigenvalue weighted by Gasteiger charge is 2.91. The third-order valence-corrected chi connectivity index (χ3v) is 2.65. The van der Waals surface area contributed by atoms with E-state index >= 15 is 0 Å². The number of hydrogen-bond donors (Lipinski definition) is 0. The smallest absolute Gasteiger partial charge is 0.202 e. The topological polar surface area (TPSA) is 0 Å². The Labute approximate surface area is 134 Å². The van der Waals surface area contributed by atoms with Crippen LogP contribution in [0.25, 0.3) is 0 Å². The van der Waals surface area contributed by atoms with Crippen LogP contribution in [0.5, 0.6) is 0 Å². The van der Waals surface area contributed by atoms with Crippen molar-refractivity contribution in [2.24, 2.45) is 0 Å². The molecular weight excluding hydrogens is 450 g/mol. The van der Waals surface area contributed by atoms with Gasteiger partial charge in [0.1, 0.15) is 0 Å². The van der Waals surface area contributed by atoms with Crippen molar-refractivity contribution >= 4 is 0 Å². The minimum Gasteiger partial charge on any atom is -0.202 e. The van der Waals surface area contributed by atoms with Crippen LogP contribution in [-0.4, -0.2) is 42.0 Å². The molecule has 0 rings (SSSR count). The molecule has 0 fully saturated rings. The molecule has 0 radical (unpaired) electrons. The first-order valence-electron chi connectivity index (χ1n) is 5.40. The van der Waals surface area contributed by atoms with Gasteiger partial charge in [-0.1, -0.05) is 0 Å². The molecule has 0 aliphatic heterocycles. The van der Waals surface area contributed by atoms with E-state index in [1.54, 1.807) is 0 Å². The van der Waals surface area contributed by atoms with Crippen LogP contribution < -0.4 is 0 Å². The highest BCUT2D eigenvalue weighted by atomic mass is 19.4. The third-order valence-electron chi connectivity index (χ3n) is 2.65. The fraction of sp³-hybridized carbons (Fsp3) is 0.778. The Hall–Kier alpha value is -1.52. The van der Waals surface area contributed by atoms with Gasteiger partial charge < -0.3 is 0 Å². The molecule has 0 aliphatic carbocycles. The Balaban J connectivity index is 6.66. The van der Waals surface area contributed by atoms with Gasteiger partial charge in [0.2, 0.25) is 11.7 Å². The predicted molar refractivity (Wildman–Crippen MR) is 46.1 cm³/mol. The summed E-state index contributed by atoms with van der Waals surface area (Å²) in [4.78, 5) is 0. The third kappa shape index (κ3) is 3.50. The van der Waals surface area contributed by atoms with Crippen molar-refractivity contribution in [3.05, 3.63) is 11.7 Å². The Morgan fingerprint density at radius 2 is 0.667 bits per heavy atom. The van der Waals surface area contributed by atoms with E-state index in [9.17, 15) is 79.0 Å². The highest BCUT2D eigenvalue weighted by molar-refractivity contribution is 5.22. The molecule has 0 amide bonds. The number of halogens is 18. The summed E-state index contributed by atoms with van der Waals surface area (Å²) in [5.41, 5.74) is 0. The van der Waals surface area contributed by atoms with E-state index in [1.165, 1.54) is 0 Å². The van der Waals surface area contributed by atoms with Gasteiger partial charge in [-0.25, -0.2) is 4.39 Å². The maximum absolute atomic E-state index is 12.9. The van der Waals surface area contributed by atoms with Crippen LogP contribution in [0.15, 0.2) is 11.7 Å². The maximum Gasteiger partial charge on any atom is 0.460 e. The second-order valence-corrected chi connectivity index (χ2v) is 4.50. The first-order chi connectivity index (χ1) is 11.3. The van der Waals surface area contributed by atoms with Crippen LogP contribution in [0.2, 0.25) is 0 Å². The zero-order chi connectivity index (χ0) is 22.7. The van der Waals surface area contributed by atoms with Gasteiger partial charge in [0.25, 0.3) is 0 Å². The fourth-order valence-corrected chi connectivity index (χ4v) is 1.17. The summed E-state index contributed by atoms with van der Waals surface area (Å²) < 4.78 is 222. The molecule has 0 saturated heterocycles. The van der Waals surface area contributed by atoms with E-state index in [0.717, 1.165) is 0 Å². The summed E-state index contributed by atoms with van der Waals surface area (Å²) in [5.74, 6) is -51.5. The van der Waals surface area contributed by atoms with Crippen LogP contribution in [0.3, 0.4) is 0 Å². The summed E-state index contributed by atoms with van der Waals surface area (Å²) in [5, 5.41) is 0. The van der Waals surface area contributed by atoms with Crippen molar-refractivity contribution in [3.63, 3.8) is 0 Å². The SMILES string of the molecule is FC(=C(F)C(F)(F)C(F)(F)C(F)(F)C(F)(F)C(F)(F)C(F)(F)F)C(F)(F)F. The van der Waals surface area contributed by atoms with Gasteiger partial charge in [-0.05, 0) is 0 Å². The molecule has 0 saturated carbocycles. The van der Waals surface area contributed by atoms with Crippen LogP contribution in [0, 0.1) is 0 Å². The van der Waals surface area contributed by atoms with Crippen molar-refractivity contribution in [2.75, 3.05) is 0 Å². The largest absolute Gasteiger partial charge is 0.460 e. The zero-order valence-electron chi connectivity index (χ0n) is 11.3. The zero-order valence-corrected chi connectivity index (χ0v) is 11.3. The molecule has 162 valence electrons. The molecule has 27 heavy (non-hydrogen) atoms. The second-order valence-electron chi connectivity index (χ2n) is 4.50. The van der Waals surface area contributed by atoms with Gasteiger partial charge in [-0.3, -0.25) is 0 Å². The molecule has 0 nitrogen and oxygen atoms in total. The molecule has 0 aromatic heterocycles. The van der Waals surface area contributed by atoms with E-state index in [1.807, 2.05) is 0 Å². The number of rotatable bonds is 5. The molecule has 0 bridgehead atoms. The molecule has 0 heterocycles. The Morgan fingerprint density at radius 3 is 0.926 bits per heavy atom. The van der Waals surface area contributed by atoms with Gasteiger partial charge in [0, 0.05) is 0 Å². The number of hydrogen-bond acceptors (Lipinski definition) is 0. The average molecular weight is 450 g/mol. The molecule has 0 unspecified atom stereocenters. The molecule has 18 heteroatoms. The summed E-state index contributed by atoms with van der Waals surface area (Å²) in [6, 6.07) is 0. The normalized spacial score (nSPS) is 17.1. The number of allylic oxidation sites excluding steroid dienone is 2. The van der Waals surface area contributed by atoms with Crippen LogP contribution in [0.4, 0.5) is 79.0 Å². The molecule has 0 atom stereocenters. The van der Waals surface area contributed by atoms with E-state index < -0.39 is 53.6 Å². The summed E-state index contributed by atoms with van der Waals surface area (Å²) in [7, 11) is 0. The standard InChI is InChI=1S/C9F18/c10-1(2(11)4(14,15)16)3(12,13)5(17,18)6(19,20)7(21,22)8(23,24)9(25,26)27. The van der Waals surface area contributed by atoms with Crippen LogP contribution in [-0.2, 0) is 0 Å². The first-order valence-corrected chi connectivity index (χ1v) is 5.40. The Kier molecular flexibility index (Phi) is 5.90. The second kappa shape index (κ2) is 6.25. The van der Waals surface area contributed by atoms with Gasteiger partial charge in [0.05, 0.1) is 0 Å². The van der Waals surface area contributed by atoms with Crippen molar-refractivity contribution in [1.82, 2.24) is 0 Å². The van der Waals surface area contributed by atoms with E-state index in [2.05, 4.69) is 0 Å². The lowest BCUT2D eigenvalue weighted by atomic mass is 9.93. The maximum atomic E-state index is 12.9. The lowest BCUT2D eigenvalue weighted by Gasteiger charge is -2.39. The van der Waals surface area contributed by atoms with E-state index in [4.69, 9.17) is 0 Å². The first kappa shape index (κ1) is 25.5. The molecule has 0 N–H and O–H groups in total. The van der Waals surface area contributed by atoms with Gasteiger partial charge >= 0.3 is 42.0 Å². The van der Waals surface area contributed by atoms with E-state index in [-0.39, 0.29) is 0 Å². The quantitative estimate of drug-likeness (QED) is 0.424. The predicted octanol–water partition coefficient (Wildman–Crippen LogP) is 6.44. The fourth-order valence-electron chi connectivity index (χ4n) is 1.17. The van der Waals surface area contributed by atoms with Gasteiger partial charge in [0.15, 0.2) is 0 Å². The Bertz CT molecular complexity index is 585. The van der Waals surface area contributed by atoms with Crippen molar-refractivity contribution in [1.29, 1.82) is 0 Å². The van der Waals surface area contributed by atoms with Crippen molar-refractivity contribution < 1.29 is 79.0 Å².